The zero-order chi connectivity index (χ0) is 11.3. The molecule has 2 amide bonds. The van der Waals surface area contributed by atoms with Crippen molar-refractivity contribution in [2.75, 3.05) is 0 Å². The van der Waals surface area contributed by atoms with Crippen molar-refractivity contribution in [2.24, 2.45) is 34.5 Å². The molecule has 88 valence electrons. The van der Waals surface area contributed by atoms with Gasteiger partial charge in [-0.1, -0.05) is 15.9 Å². The molecule has 5 atom stereocenters. The largest absolute Gasteiger partial charge is 0.350 e. The molecule has 0 heterocycles. The number of nitrogens with one attached hydrogen (secondary N) is 1. The van der Waals surface area contributed by atoms with E-state index in [4.69, 9.17) is 5.73 Å². The Morgan fingerprint density at radius 1 is 1.38 bits per heavy atom. The number of rotatable bonds is 1. The van der Waals surface area contributed by atoms with Gasteiger partial charge in [-0.2, -0.15) is 5.10 Å². The molecule has 0 unspecified atom stereocenters. The Labute approximate surface area is 103 Å². The number of hydrogen-bond donors (Lipinski definition) is 2. The zero-order valence-corrected chi connectivity index (χ0v) is 10.6. The number of carbonyl (C=O) groups excluding carboxylic acids is 1. The zero-order valence-electron chi connectivity index (χ0n) is 9.03. The van der Waals surface area contributed by atoms with Gasteiger partial charge in [-0.3, -0.25) is 0 Å². The quantitative estimate of drug-likeness (QED) is 0.560. The number of urea groups is 1. The second-order valence-electron chi connectivity index (χ2n) is 5.33. The number of carbonyl (C=O) groups is 1. The minimum atomic E-state index is -0.563. The number of amides is 2. The summed E-state index contributed by atoms with van der Waals surface area (Å²) < 4.78 is 0. The van der Waals surface area contributed by atoms with Gasteiger partial charge in [-0.25, -0.2) is 10.2 Å². The molecule has 4 bridgehead atoms. The van der Waals surface area contributed by atoms with Crippen LogP contribution in [-0.2, 0) is 0 Å². The molecule has 0 aliphatic heterocycles. The van der Waals surface area contributed by atoms with E-state index in [1.165, 1.54) is 31.4 Å². The Hall–Kier alpha value is -0.580. The topological polar surface area (TPSA) is 67.5 Å². The minimum Gasteiger partial charge on any atom is -0.350 e. The monoisotopic (exact) mass is 285 g/mol. The highest BCUT2D eigenvalue weighted by Gasteiger charge is 2.51. The van der Waals surface area contributed by atoms with E-state index in [0.717, 1.165) is 11.8 Å². The Morgan fingerprint density at radius 2 is 2.19 bits per heavy atom. The summed E-state index contributed by atoms with van der Waals surface area (Å²) in [6, 6.07) is -0.563. The average molecular weight is 286 g/mol. The summed E-state index contributed by atoms with van der Waals surface area (Å²) in [6.45, 7) is 0. The van der Waals surface area contributed by atoms with Crippen molar-refractivity contribution >= 4 is 27.7 Å². The molecule has 4 aliphatic rings. The van der Waals surface area contributed by atoms with Crippen LogP contribution in [0.15, 0.2) is 5.10 Å². The van der Waals surface area contributed by atoms with Crippen LogP contribution in [0.2, 0.25) is 0 Å². The van der Waals surface area contributed by atoms with Gasteiger partial charge in [-0.05, 0) is 43.4 Å². The fourth-order valence-electron chi connectivity index (χ4n) is 3.88. The first-order chi connectivity index (χ1) is 7.65. The highest BCUT2D eigenvalue weighted by Crippen LogP contribution is 2.54. The van der Waals surface area contributed by atoms with Crippen LogP contribution >= 0.6 is 15.9 Å². The maximum Gasteiger partial charge on any atom is 0.332 e. The van der Waals surface area contributed by atoms with Gasteiger partial charge in [0.25, 0.3) is 0 Å². The molecule has 3 N–H and O–H groups in total. The standard InChI is InChI=1S/C11H16BrN3O/c12-9-6-1-5-2-7(4-6)10(8(9)3-5)14-15-11(13)16/h5-9H,1-4H2,(H3,13,15,16)/b14-10+/t5-,6+,7+,8+,9-/m0/s1. The minimum absolute atomic E-state index is 0.517. The Kier molecular flexibility index (Phi) is 2.46. The second kappa shape index (κ2) is 3.72. The van der Waals surface area contributed by atoms with Gasteiger partial charge in [0.05, 0.1) is 0 Å². The fourth-order valence-corrected chi connectivity index (χ4v) is 4.80. The van der Waals surface area contributed by atoms with Gasteiger partial charge in [0.1, 0.15) is 0 Å². The molecule has 4 rings (SSSR count). The van der Waals surface area contributed by atoms with E-state index in [2.05, 4.69) is 26.5 Å². The van der Waals surface area contributed by atoms with Crippen LogP contribution in [0, 0.1) is 23.7 Å². The van der Waals surface area contributed by atoms with E-state index in [0.29, 0.717) is 16.7 Å². The molecule has 0 aromatic rings. The third-order valence-corrected chi connectivity index (χ3v) is 5.74. The number of hydrazone groups is 1. The lowest BCUT2D eigenvalue weighted by Crippen LogP contribution is -2.52. The van der Waals surface area contributed by atoms with Gasteiger partial charge < -0.3 is 5.73 Å². The lowest BCUT2D eigenvalue weighted by atomic mass is 9.55. The molecule has 4 saturated carbocycles. The van der Waals surface area contributed by atoms with Crippen LogP contribution in [-0.4, -0.2) is 16.6 Å². The molecule has 0 saturated heterocycles. The molecule has 0 aromatic heterocycles. The van der Waals surface area contributed by atoms with Crippen LogP contribution in [0.5, 0.6) is 0 Å². The predicted octanol–water partition coefficient (Wildman–Crippen LogP) is 1.84. The SMILES string of the molecule is NC(=O)N/N=C1\[C@@H]2C[C@@H]3C[C@H](C2)[C@H](Br)[C@H]1C3. The number of nitrogens with zero attached hydrogens (tertiary/aromatic N) is 1. The van der Waals surface area contributed by atoms with E-state index in [9.17, 15) is 4.79 Å². The lowest BCUT2D eigenvalue weighted by Gasteiger charge is -2.53. The predicted molar refractivity (Wildman–Crippen MR) is 65.3 cm³/mol. The summed E-state index contributed by atoms with van der Waals surface area (Å²) in [5, 5.41) is 4.23. The first-order valence-electron chi connectivity index (χ1n) is 5.92. The summed E-state index contributed by atoms with van der Waals surface area (Å²) in [6.07, 6.45) is 5.08. The molecule has 5 heteroatoms. The van der Waals surface area contributed by atoms with E-state index < -0.39 is 6.03 Å². The molecule has 4 aliphatic carbocycles. The van der Waals surface area contributed by atoms with Crippen LogP contribution in [0.4, 0.5) is 4.79 Å². The van der Waals surface area contributed by atoms with E-state index >= 15 is 0 Å². The second-order valence-corrected chi connectivity index (χ2v) is 6.39. The maximum atomic E-state index is 10.7. The smallest absolute Gasteiger partial charge is 0.332 e. The summed E-state index contributed by atoms with van der Waals surface area (Å²) in [5.41, 5.74) is 8.64. The van der Waals surface area contributed by atoms with E-state index in [-0.39, 0.29) is 0 Å². The molecule has 0 radical (unpaired) electrons. The average Bonchev–Trinajstić information content (AvgIpc) is 2.23. The highest BCUT2D eigenvalue weighted by atomic mass is 79.9. The van der Waals surface area contributed by atoms with Crippen LogP contribution < -0.4 is 11.2 Å². The van der Waals surface area contributed by atoms with E-state index in [1.807, 2.05) is 0 Å². The summed E-state index contributed by atoms with van der Waals surface area (Å²) in [5.74, 6) is 2.80. The van der Waals surface area contributed by atoms with Crippen molar-refractivity contribution in [3.63, 3.8) is 0 Å². The van der Waals surface area contributed by atoms with Crippen molar-refractivity contribution in [3.05, 3.63) is 0 Å². The van der Waals surface area contributed by atoms with Gasteiger partial charge in [0.2, 0.25) is 0 Å². The fraction of sp³-hybridized carbons (Fsp3) is 0.818. The third kappa shape index (κ3) is 1.56. The molecule has 0 aromatic carbocycles. The van der Waals surface area contributed by atoms with Crippen molar-refractivity contribution in [1.29, 1.82) is 0 Å². The summed E-state index contributed by atoms with van der Waals surface area (Å²) >= 11 is 3.80. The van der Waals surface area contributed by atoms with Crippen molar-refractivity contribution < 1.29 is 4.79 Å². The number of alkyl halides is 1. The van der Waals surface area contributed by atoms with Crippen molar-refractivity contribution in [1.82, 2.24) is 5.43 Å². The van der Waals surface area contributed by atoms with Crippen LogP contribution in [0.25, 0.3) is 0 Å². The Bertz CT molecular complexity index is 357. The first kappa shape index (κ1) is 10.6. The summed E-state index contributed by atoms with van der Waals surface area (Å²) in [7, 11) is 0. The molecule has 4 fully saturated rings. The number of nitrogens with two attached hydrogens (primary N) is 1. The normalized spacial score (nSPS) is 47.3. The van der Waals surface area contributed by atoms with Crippen LogP contribution in [0.1, 0.15) is 25.7 Å². The number of primary amides is 1. The Balaban J connectivity index is 1.85. The van der Waals surface area contributed by atoms with Crippen molar-refractivity contribution in [3.8, 4) is 0 Å². The third-order valence-electron chi connectivity index (χ3n) is 4.36. The molecule has 0 spiro atoms. The molecule has 16 heavy (non-hydrogen) atoms. The molecule has 4 nitrogen and oxygen atoms in total. The summed E-state index contributed by atoms with van der Waals surface area (Å²) in [4.78, 5) is 11.3. The van der Waals surface area contributed by atoms with Gasteiger partial charge in [0, 0.05) is 16.5 Å². The lowest BCUT2D eigenvalue weighted by molar-refractivity contribution is 0.117. The van der Waals surface area contributed by atoms with Gasteiger partial charge in [-0.15, -0.1) is 0 Å². The number of halogens is 1. The molecular formula is C11H16BrN3O. The van der Waals surface area contributed by atoms with Crippen LogP contribution in [0.3, 0.4) is 0 Å². The number of hydrogen-bond acceptors (Lipinski definition) is 2. The van der Waals surface area contributed by atoms with E-state index in [1.54, 1.807) is 0 Å². The van der Waals surface area contributed by atoms with Gasteiger partial charge in [0.15, 0.2) is 0 Å². The Morgan fingerprint density at radius 3 is 2.94 bits per heavy atom. The first-order valence-corrected chi connectivity index (χ1v) is 6.83. The van der Waals surface area contributed by atoms with Crippen molar-refractivity contribution in [2.45, 2.75) is 30.5 Å². The highest BCUT2D eigenvalue weighted by molar-refractivity contribution is 9.09. The van der Waals surface area contributed by atoms with Gasteiger partial charge >= 0.3 is 6.03 Å². The molecular weight excluding hydrogens is 270 g/mol. The maximum absolute atomic E-state index is 10.7.